The number of piperidine rings is 1. The highest BCUT2D eigenvalue weighted by atomic mass is 19.4. The Morgan fingerprint density at radius 1 is 1.44 bits per heavy atom. The summed E-state index contributed by atoms with van der Waals surface area (Å²) in [7, 11) is 1.63. The monoisotopic (exact) mass is 240 g/mol. The van der Waals surface area contributed by atoms with Gasteiger partial charge in [0.15, 0.2) is 0 Å². The molecule has 96 valence electrons. The van der Waals surface area contributed by atoms with Crippen LogP contribution in [0.1, 0.15) is 19.3 Å². The molecule has 0 radical (unpaired) electrons. The number of rotatable bonds is 4. The lowest BCUT2D eigenvalue weighted by atomic mass is 9.99. The third-order valence-electron chi connectivity index (χ3n) is 3.08. The summed E-state index contributed by atoms with van der Waals surface area (Å²) < 4.78 is 41.5. The van der Waals surface area contributed by atoms with Gasteiger partial charge in [0.1, 0.15) is 0 Å². The van der Waals surface area contributed by atoms with Crippen molar-refractivity contribution < 1.29 is 17.9 Å². The lowest BCUT2D eigenvalue weighted by Crippen LogP contribution is -2.49. The standard InChI is InChI=1S/C10H19F3N2O/c1-16-9-2-4-15(8(6-9)7-14)5-3-10(11,12)13/h8-9H,2-7,14H2,1H3. The van der Waals surface area contributed by atoms with Crippen LogP contribution in [0.3, 0.4) is 0 Å². The molecule has 6 heteroatoms. The van der Waals surface area contributed by atoms with E-state index in [4.69, 9.17) is 10.5 Å². The molecular formula is C10H19F3N2O. The van der Waals surface area contributed by atoms with Gasteiger partial charge in [0.2, 0.25) is 0 Å². The number of hydrogen-bond acceptors (Lipinski definition) is 3. The summed E-state index contributed by atoms with van der Waals surface area (Å²) in [6.07, 6.45) is -3.20. The molecular weight excluding hydrogens is 221 g/mol. The Labute approximate surface area is 93.7 Å². The Bertz CT molecular complexity index is 211. The summed E-state index contributed by atoms with van der Waals surface area (Å²) in [5.74, 6) is 0. The number of ether oxygens (including phenoxy) is 1. The van der Waals surface area contributed by atoms with Crippen molar-refractivity contribution >= 4 is 0 Å². The van der Waals surface area contributed by atoms with E-state index in [9.17, 15) is 13.2 Å². The van der Waals surface area contributed by atoms with Crippen LogP contribution in [0.2, 0.25) is 0 Å². The zero-order valence-corrected chi connectivity index (χ0v) is 9.46. The SMILES string of the molecule is COC1CCN(CCC(F)(F)F)C(CN)C1. The molecule has 2 unspecified atom stereocenters. The van der Waals surface area contributed by atoms with Gasteiger partial charge >= 0.3 is 6.18 Å². The van der Waals surface area contributed by atoms with E-state index < -0.39 is 12.6 Å². The van der Waals surface area contributed by atoms with Crippen LogP contribution in [0.25, 0.3) is 0 Å². The average molecular weight is 240 g/mol. The number of alkyl halides is 3. The fraction of sp³-hybridized carbons (Fsp3) is 1.00. The van der Waals surface area contributed by atoms with Crippen molar-refractivity contribution in [1.29, 1.82) is 0 Å². The highest BCUT2D eigenvalue weighted by Crippen LogP contribution is 2.24. The van der Waals surface area contributed by atoms with Crippen LogP contribution >= 0.6 is 0 Å². The first-order chi connectivity index (χ1) is 7.46. The van der Waals surface area contributed by atoms with Crippen molar-refractivity contribution in [1.82, 2.24) is 4.90 Å². The lowest BCUT2D eigenvalue weighted by molar-refractivity contribution is -0.140. The van der Waals surface area contributed by atoms with Gasteiger partial charge in [-0.05, 0) is 12.8 Å². The van der Waals surface area contributed by atoms with Crippen LogP contribution in [0.5, 0.6) is 0 Å². The zero-order chi connectivity index (χ0) is 12.2. The lowest BCUT2D eigenvalue weighted by Gasteiger charge is -2.38. The molecule has 1 saturated heterocycles. The topological polar surface area (TPSA) is 38.5 Å². The Kier molecular flexibility index (Phi) is 5.01. The van der Waals surface area contributed by atoms with E-state index in [2.05, 4.69) is 0 Å². The molecule has 1 aliphatic rings. The van der Waals surface area contributed by atoms with Gasteiger partial charge in [-0.1, -0.05) is 0 Å². The van der Waals surface area contributed by atoms with Crippen molar-refractivity contribution in [2.24, 2.45) is 5.73 Å². The van der Waals surface area contributed by atoms with Crippen LogP contribution < -0.4 is 5.73 Å². The second kappa shape index (κ2) is 5.84. The summed E-state index contributed by atoms with van der Waals surface area (Å²) in [5.41, 5.74) is 5.57. The Morgan fingerprint density at radius 3 is 2.62 bits per heavy atom. The normalized spacial score (nSPS) is 28.3. The van der Waals surface area contributed by atoms with Gasteiger partial charge in [-0.15, -0.1) is 0 Å². The fourth-order valence-corrected chi connectivity index (χ4v) is 2.09. The second-order valence-corrected chi connectivity index (χ2v) is 4.17. The second-order valence-electron chi connectivity index (χ2n) is 4.17. The largest absolute Gasteiger partial charge is 0.390 e. The Hall–Kier alpha value is -0.330. The van der Waals surface area contributed by atoms with Crippen LogP contribution in [0, 0.1) is 0 Å². The maximum Gasteiger partial charge on any atom is 0.390 e. The van der Waals surface area contributed by atoms with Crippen LogP contribution in [0.15, 0.2) is 0 Å². The van der Waals surface area contributed by atoms with Crippen molar-refractivity contribution in [3.05, 3.63) is 0 Å². The molecule has 0 aromatic rings. The first-order valence-corrected chi connectivity index (χ1v) is 5.50. The Balaban J connectivity index is 2.41. The van der Waals surface area contributed by atoms with E-state index in [1.54, 1.807) is 7.11 Å². The predicted octanol–water partition coefficient (Wildman–Crippen LogP) is 1.38. The van der Waals surface area contributed by atoms with Gasteiger partial charge < -0.3 is 10.5 Å². The molecule has 0 aromatic carbocycles. The smallest absolute Gasteiger partial charge is 0.381 e. The minimum atomic E-state index is -4.09. The minimum absolute atomic E-state index is 0.0149. The number of likely N-dealkylation sites (tertiary alicyclic amines) is 1. The highest BCUT2D eigenvalue weighted by Gasteiger charge is 2.32. The molecule has 1 rings (SSSR count). The summed E-state index contributed by atoms with van der Waals surface area (Å²) >= 11 is 0. The maximum absolute atomic E-state index is 12.1. The van der Waals surface area contributed by atoms with Crippen molar-refractivity contribution in [3.63, 3.8) is 0 Å². The summed E-state index contributed by atoms with van der Waals surface area (Å²) in [6.45, 7) is 1.07. The van der Waals surface area contributed by atoms with E-state index in [1.807, 2.05) is 4.90 Å². The number of methoxy groups -OCH3 is 1. The molecule has 0 amide bonds. The third-order valence-corrected chi connectivity index (χ3v) is 3.08. The van der Waals surface area contributed by atoms with Gasteiger partial charge in [0.25, 0.3) is 0 Å². The number of nitrogens with zero attached hydrogens (tertiary/aromatic N) is 1. The number of nitrogens with two attached hydrogens (primary N) is 1. The minimum Gasteiger partial charge on any atom is -0.381 e. The first kappa shape index (κ1) is 13.7. The molecule has 0 bridgehead atoms. The third kappa shape index (κ3) is 4.27. The van der Waals surface area contributed by atoms with E-state index >= 15 is 0 Å². The molecule has 3 nitrogen and oxygen atoms in total. The van der Waals surface area contributed by atoms with Crippen molar-refractivity contribution in [3.8, 4) is 0 Å². The molecule has 0 aromatic heterocycles. The molecule has 1 aliphatic heterocycles. The zero-order valence-electron chi connectivity index (χ0n) is 9.46. The Morgan fingerprint density at radius 2 is 2.12 bits per heavy atom. The summed E-state index contributed by atoms with van der Waals surface area (Å²) in [5, 5.41) is 0. The van der Waals surface area contributed by atoms with E-state index in [0.29, 0.717) is 13.1 Å². The summed E-state index contributed by atoms with van der Waals surface area (Å²) in [6, 6.07) is 0.0149. The fourth-order valence-electron chi connectivity index (χ4n) is 2.09. The van der Waals surface area contributed by atoms with Gasteiger partial charge in [-0.2, -0.15) is 13.2 Å². The maximum atomic E-state index is 12.1. The molecule has 2 atom stereocenters. The molecule has 0 spiro atoms. The predicted molar refractivity (Wildman–Crippen MR) is 55.1 cm³/mol. The van der Waals surface area contributed by atoms with E-state index in [-0.39, 0.29) is 18.7 Å². The highest BCUT2D eigenvalue weighted by molar-refractivity contribution is 4.83. The number of halogens is 3. The van der Waals surface area contributed by atoms with Crippen LogP contribution in [0.4, 0.5) is 13.2 Å². The first-order valence-electron chi connectivity index (χ1n) is 5.50. The van der Waals surface area contributed by atoms with Crippen molar-refractivity contribution in [2.75, 3.05) is 26.7 Å². The summed E-state index contributed by atoms with van der Waals surface area (Å²) in [4.78, 5) is 1.82. The molecule has 1 heterocycles. The van der Waals surface area contributed by atoms with Gasteiger partial charge in [-0.3, -0.25) is 4.90 Å². The molecule has 16 heavy (non-hydrogen) atoms. The van der Waals surface area contributed by atoms with E-state index in [1.165, 1.54) is 0 Å². The van der Waals surface area contributed by atoms with Crippen LogP contribution in [-0.4, -0.2) is 50.0 Å². The van der Waals surface area contributed by atoms with Gasteiger partial charge in [0.05, 0.1) is 12.5 Å². The van der Waals surface area contributed by atoms with E-state index in [0.717, 1.165) is 12.8 Å². The van der Waals surface area contributed by atoms with Crippen LogP contribution in [-0.2, 0) is 4.74 Å². The average Bonchev–Trinajstić information content (AvgIpc) is 2.25. The van der Waals surface area contributed by atoms with Gasteiger partial charge in [-0.25, -0.2) is 0 Å². The number of hydrogen-bond donors (Lipinski definition) is 1. The molecule has 0 saturated carbocycles. The van der Waals surface area contributed by atoms with Crippen molar-refractivity contribution in [2.45, 2.75) is 37.6 Å². The molecule has 2 N–H and O–H groups in total. The molecule has 1 fully saturated rings. The molecule has 0 aliphatic carbocycles. The quantitative estimate of drug-likeness (QED) is 0.806. The van der Waals surface area contributed by atoms with Gasteiger partial charge in [0, 0.05) is 32.8 Å².